The standard InChI is InChI=1S/C17H12BrN3O2/c18-13-4-1-3-12(7-13)17(22)21-14-5-2-6-15(8-14)23-16-9-19-11-20-10-16/h1-11H,(H,21,22). The second kappa shape index (κ2) is 7.02. The van der Waals surface area contributed by atoms with Crippen LogP contribution in [0.3, 0.4) is 0 Å². The number of hydrogen-bond donors (Lipinski definition) is 1. The molecule has 114 valence electrons. The van der Waals surface area contributed by atoms with Crippen molar-refractivity contribution in [2.24, 2.45) is 0 Å². The van der Waals surface area contributed by atoms with Crippen molar-refractivity contribution in [1.29, 1.82) is 0 Å². The molecule has 3 aromatic rings. The lowest BCUT2D eigenvalue weighted by Crippen LogP contribution is -2.11. The fourth-order valence-corrected chi connectivity index (χ4v) is 2.34. The van der Waals surface area contributed by atoms with Gasteiger partial charge in [-0.1, -0.05) is 28.1 Å². The van der Waals surface area contributed by atoms with Gasteiger partial charge in [0, 0.05) is 21.8 Å². The average molecular weight is 370 g/mol. The van der Waals surface area contributed by atoms with Gasteiger partial charge in [-0.25, -0.2) is 9.97 Å². The molecular weight excluding hydrogens is 358 g/mol. The summed E-state index contributed by atoms with van der Waals surface area (Å²) < 4.78 is 6.49. The van der Waals surface area contributed by atoms with Crippen LogP contribution < -0.4 is 10.1 Å². The molecule has 3 rings (SSSR count). The number of rotatable bonds is 4. The maximum absolute atomic E-state index is 12.2. The number of ether oxygens (including phenoxy) is 1. The molecule has 0 saturated carbocycles. The van der Waals surface area contributed by atoms with E-state index in [1.54, 1.807) is 48.8 Å². The summed E-state index contributed by atoms with van der Waals surface area (Å²) >= 11 is 3.35. The van der Waals surface area contributed by atoms with Crippen LogP contribution >= 0.6 is 15.9 Å². The lowest BCUT2D eigenvalue weighted by atomic mass is 10.2. The highest BCUT2D eigenvalue weighted by Gasteiger charge is 2.07. The number of carbonyl (C=O) groups excluding carboxylic acids is 1. The number of hydrogen-bond acceptors (Lipinski definition) is 4. The monoisotopic (exact) mass is 369 g/mol. The van der Waals surface area contributed by atoms with Gasteiger partial charge in [0.1, 0.15) is 12.1 Å². The molecular formula is C17H12BrN3O2. The molecule has 0 unspecified atom stereocenters. The molecule has 6 heteroatoms. The third kappa shape index (κ3) is 4.14. The SMILES string of the molecule is O=C(Nc1cccc(Oc2cncnc2)c1)c1cccc(Br)c1. The number of benzene rings is 2. The Morgan fingerprint density at radius 2 is 1.78 bits per heavy atom. The van der Waals surface area contributed by atoms with Gasteiger partial charge in [-0.05, 0) is 30.3 Å². The predicted octanol–water partition coefficient (Wildman–Crippen LogP) is 4.28. The van der Waals surface area contributed by atoms with Gasteiger partial charge in [-0.3, -0.25) is 4.79 Å². The molecule has 0 aliphatic carbocycles. The zero-order valence-electron chi connectivity index (χ0n) is 11.9. The normalized spacial score (nSPS) is 10.1. The van der Waals surface area contributed by atoms with Crippen LogP contribution in [-0.2, 0) is 0 Å². The zero-order chi connectivity index (χ0) is 16.1. The van der Waals surface area contributed by atoms with E-state index in [1.807, 2.05) is 12.1 Å². The molecule has 1 aromatic heterocycles. The number of aromatic nitrogens is 2. The molecule has 0 bridgehead atoms. The summed E-state index contributed by atoms with van der Waals surface area (Å²) in [5, 5.41) is 2.84. The number of carbonyl (C=O) groups is 1. The minimum atomic E-state index is -0.188. The Bertz CT molecular complexity index is 825. The summed E-state index contributed by atoms with van der Waals surface area (Å²) in [7, 11) is 0. The van der Waals surface area contributed by atoms with Gasteiger partial charge >= 0.3 is 0 Å². The van der Waals surface area contributed by atoms with Gasteiger partial charge < -0.3 is 10.1 Å². The summed E-state index contributed by atoms with van der Waals surface area (Å²) in [4.78, 5) is 20.0. The number of anilines is 1. The molecule has 0 fully saturated rings. The largest absolute Gasteiger partial charge is 0.454 e. The Hall–Kier alpha value is -2.73. The smallest absolute Gasteiger partial charge is 0.255 e. The zero-order valence-corrected chi connectivity index (χ0v) is 13.5. The summed E-state index contributed by atoms with van der Waals surface area (Å²) in [5.74, 6) is 0.932. The van der Waals surface area contributed by atoms with E-state index in [2.05, 4.69) is 31.2 Å². The van der Waals surface area contributed by atoms with Crippen LogP contribution in [-0.4, -0.2) is 15.9 Å². The lowest BCUT2D eigenvalue weighted by molar-refractivity contribution is 0.102. The number of halogens is 1. The van der Waals surface area contributed by atoms with Crippen LogP contribution in [0, 0.1) is 0 Å². The highest BCUT2D eigenvalue weighted by Crippen LogP contribution is 2.23. The summed E-state index contributed by atoms with van der Waals surface area (Å²) in [6, 6.07) is 14.3. The van der Waals surface area contributed by atoms with E-state index >= 15 is 0 Å². The molecule has 23 heavy (non-hydrogen) atoms. The van der Waals surface area contributed by atoms with Crippen molar-refractivity contribution < 1.29 is 9.53 Å². The lowest BCUT2D eigenvalue weighted by Gasteiger charge is -2.08. The molecule has 1 heterocycles. The number of nitrogens with one attached hydrogen (secondary N) is 1. The maximum atomic E-state index is 12.2. The second-order valence-corrected chi connectivity index (χ2v) is 5.58. The van der Waals surface area contributed by atoms with Crippen LogP contribution in [0.15, 0.2) is 71.7 Å². The Balaban J connectivity index is 1.74. The number of nitrogens with zero attached hydrogens (tertiary/aromatic N) is 2. The average Bonchev–Trinajstić information content (AvgIpc) is 2.56. The van der Waals surface area contributed by atoms with E-state index in [-0.39, 0.29) is 5.91 Å². The fourth-order valence-electron chi connectivity index (χ4n) is 1.94. The van der Waals surface area contributed by atoms with Crippen LogP contribution in [0.1, 0.15) is 10.4 Å². The van der Waals surface area contributed by atoms with E-state index in [0.717, 1.165) is 4.47 Å². The minimum Gasteiger partial charge on any atom is -0.454 e. The minimum absolute atomic E-state index is 0.188. The first-order valence-corrected chi connectivity index (χ1v) is 7.60. The second-order valence-electron chi connectivity index (χ2n) is 4.67. The van der Waals surface area contributed by atoms with Crippen molar-refractivity contribution >= 4 is 27.5 Å². The predicted molar refractivity (Wildman–Crippen MR) is 90.6 cm³/mol. The molecule has 0 radical (unpaired) electrons. The molecule has 2 aromatic carbocycles. The third-order valence-corrected chi connectivity index (χ3v) is 3.44. The maximum Gasteiger partial charge on any atom is 0.255 e. The topological polar surface area (TPSA) is 64.1 Å². The highest BCUT2D eigenvalue weighted by atomic mass is 79.9. The van der Waals surface area contributed by atoms with E-state index in [4.69, 9.17) is 4.74 Å². The van der Waals surface area contributed by atoms with E-state index in [9.17, 15) is 4.79 Å². The quantitative estimate of drug-likeness (QED) is 0.745. The summed E-state index contributed by atoms with van der Waals surface area (Å²) in [5.41, 5.74) is 1.21. The van der Waals surface area contributed by atoms with E-state index in [0.29, 0.717) is 22.7 Å². The van der Waals surface area contributed by atoms with Crippen molar-refractivity contribution in [3.05, 3.63) is 77.3 Å². The van der Waals surface area contributed by atoms with Crippen molar-refractivity contribution in [2.45, 2.75) is 0 Å². The first-order valence-electron chi connectivity index (χ1n) is 6.80. The van der Waals surface area contributed by atoms with E-state index < -0.39 is 0 Å². The number of amides is 1. The van der Waals surface area contributed by atoms with Gasteiger partial charge in [0.15, 0.2) is 5.75 Å². The van der Waals surface area contributed by atoms with Crippen LogP contribution in [0.2, 0.25) is 0 Å². The molecule has 0 spiro atoms. The molecule has 0 aliphatic rings. The van der Waals surface area contributed by atoms with Crippen molar-refractivity contribution in [2.75, 3.05) is 5.32 Å². The summed E-state index contributed by atoms with van der Waals surface area (Å²) in [6.07, 6.45) is 4.57. The van der Waals surface area contributed by atoms with E-state index in [1.165, 1.54) is 6.33 Å². The molecule has 5 nitrogen and oxygen atoms in total. The molecule has 0 saturated heterocycles. The van der Waals surface area contributed by atoms with Crippen LogP contribution in [0.25, 0.3) is 0 Å². The Morgan fingerprint density at radius 3 is 2.57 bits per heavy atom. The first-order chi connectivity index (χ1) is 11.2. The molecule has 1 N–H and O–H groups in total. The Kier molecular flexibility index (Phi) is 4.63. The fraction of sp³-hybridized carbons (Fsp3) is 0. The van der Waals surface area contributed by atoms with Gasteiger partial charge in [-0.2, -0.15) is 0 Å². The summed E-state index contributed by atoms with van der Waals surface area (Å²) in [6.45, 7) is 0. The molecule has 0 aliphatic heterocycles. The van der Waals surface area contributed by atoms with Crippen molar-refractivity contribution in [1.82, 2.24) is 9.97 Å². The van der Waals surface area contributed by atoms with Gasteiger partial charge in [0.2, 0.25) is 0 Å². The van der Waals surface area contributed by atoms with Crippen LogP contribution in [0.4, 0.5) is 5.69 Å². The Labute approximate surface area is 141 Å². The van der Waals surface area contributed by atoms with Gasteiger partial charge in [0.25, 0.3) is 5.91 Å². The molecule has 1 amide bonds. The first kappa shape index (κ1) is 15.2. The highest BCUT2D eigenvalue weighted by molar-refractivity contribution is 9.10. The van der Waals surface area contributed by atoms with Gasteiger partial charge in [-0.15, -0.1) is 0 Å². The van der Waals surface area contributed by atoms with Crippen LogP contribution in [0.5, 0.6) is 11.5 Å². The van der Waals surface area contributed by atoms with Crippen molar-refractivity contribution in [3.8, 4) is 11.5 Å². The van der Waals surface area contributed by atoms with Gasteiger partial charge in [0.05, 0.1) is 12.4 Å². The van der Waals surface area contributed by atoms with Crippen molar-refractivity contribution in [3.63, 3.8) is 0 Å². The molecule has 0 atom stereocenters. The Morgan fingerprint density at radius 1 is 1.00 bits per heavy atom. The third-order valence-electron chi connectivity index (χ3n) is 2.95.